The molecule has 1 aromatic heterocycles. The molecule has 5 heteroatoms. The Balaban J connectivity index is 2.08. The van der Waals surface area contributed by atoms with E-state index in [4.69, 9.17) is 0 Å². The van der Waals surface area contributed by atoms with Gasteiger partial charge in [-0.2, -0.15) is 5.10 Å². The number of hydrogen-bond acceptors (Lipinski definition) is 4. The summed E-state index contributed by atoms with van der Waals surface area (Å²) in [7, 11) is 0. The number of nitrogens with one attached hydrogen (secondary N) is 1. The molecule has 0 radical (unpaired) electrons. The number of rotatable bonds is 1. The molecular formula is C11H16N4O. The first-order chi connectivity index (χ1) is 7.77. The van der Waals surface area contributed by atoms with Crippen LogP contribution in [0.4, 0.5) is 0 Å². The van der Waals surface area contributed by atoms with Crippen LogP contribution in [0.3, 0.4) is 0 Å². The van der Waals surface area contributed by atoms with Crippen LogP contribution in [0.1, 0.15) is 22.6 Å². The van der Waals surface area contributed by atoms with Crippen LogP contribution >= 0.6 is 0 Å². The molecule has 1 aliphatic heterocycles. The van der Waals surface area contributed by atoms with Crippen LogP contribution in [-0.4, -0.2) is 47.2 Å². The molecule has 16 heavy (non-hydrogen) atoms. The summed E-state index contributed by atoms with van der Waals surface area (Å²) in [5, 5.41) is 11.1. The molecule has 86 valence electrons. The molecular weight excluding hydrogens is 204 g/mol. The summed E-state index contributed by atoms with van der Waals surface area (Å²) in [5.74, 6) is -0.0174. The lowest BCUT2D eigenvalue weighted by Gasteiger charge is -2.18. The van der Waals surface area contributed by atoms with Crippen molar-refractivity contribution in [3.05, 3.63) is 23.5 Å². The number of hydrogen-bond donors (Lipinski definition) is 1. The fourth-order valence-corrected chi connectivity index (χ4v) is 1.72. The first-order valence-corrected chi connectivity index (χ1v) is 5.58. The first kappa shape index (κ1) is 11.0. The Morgan fingerprint density at radius 2 is 2.19 bits per heavy atom. The fraction of sp³-hybridized carbons (Fsp3) is 0.545. The van der Waals surface area contributed by atoms with Gasteiger partial charge in [0.1, 0.15) is 0 Å². The average molecular weight is 220 g/mol. The van der Waals surface area contributed by atoms with E-state index in [0.717, 1.165) is 38.3 Å². The fourth-order valence-electron chi connectivity index (χ4n) is 1.72. The highest BCUT2D eigenvalue weighted by Gasteiger charge is 2.18. The SMILES string of the molecule is Cc1ccc(C(=O)N2CCCNCC2)nn1. The second kappa shape index (κ2) is 5.03. The van der Waals surface area contributed by atoms with Gasteiger partial charge in [-0.25, -0.2) is 0 Å². The van der Waals surface area contributed by atoms with Gasteiger partial charge in [0, 0.05) is 19.6 Å². The lowest BCUT2D eigenvalue weighted by molar-refractivity contribution is 0.0759. The van der Waals surface area contributed by atoms with Crippen LogP contribution in [0.2, 0.25) is 0 Å². The largest absolute Gasteiger partial charge is 0.336 e. The Morgan fingerprint density at radius 3 is 2.94 bits per heavy atom. The number of aromatic nitrogens is 2. The maximum atomic E-state index is 12.1. The Labute approximate surface area is 94.9 Å². The van der Waals surface area contributed by atoms with E-state index < -0.39 is 0 Å². The molecule has 5 nitrogen and oxygen atoms in total. The molecule has 0 unspecified atom stereocenters. The van der Waals surface area contributed by atoms with Gasteiger partial charge in [0.05, 0.1) is 5.69 Å². The van der Waals surface area contributed by atoms with E-state index in [2.05, 4.69) is 15.5 Å². The van der Waals surface area contributed by atoms with E-state index in [1.165, 1.54) is 0 Å². The van der Waals surface area contributed by atoms with Gasteiger partial charge in [-0.15, -0.1) is 5.10 Å². The van der Waals surface area contributed by atoms with Gasteiger partial charge in [0.2, 0.25) is 0 Å². The zero-order valence-corrected chi connectivity index (χ0v) is 9.44. The van der Waals surface area contributed by atoms with E-state index in [-0.39, 0.29) is 5.91 Å². The highest BCUT2D eigenvalue weighted by molar-refractivity contribution is 5.92. The van der Waals surface area contributed by atoms with Crippen molar-refractivity contribution in [2.75, 3.05) is 26.2 Å². The van der Waals surface area contributed by atoms with Crippen molar-refractivity contribution in [3.8, 4) is 0 Å². The number of carbonyl (C=O) groups excluding carboxylic acids is 1. The van der Waals surface area contributed by atoms with Crippen molar-refractivity contribution in [3.63, 3.8) is 0 Å². The van der Waals surface area contributed by atoms with E-state index in [1.807, 2.05) is 17.9 Å². The molecule has 1 aromatic rings. The van der Waals surface area contributed by atoms with E-state index in [1.54, 1.807) is 6.07 Å². The van der Waals surface area contributed by atoms with Gasteiger partial charge in [-0.1, -0.05) is 0 Å². The Hall–Kier alpha value is -1.49. The topological polar surface area (TPSA) is 58.1 Å². The van der Waals surface area contributed by atoms with Crippen LogP contribution in [0, 0.1) is 6.92 Å². The van der Waals surface area contributed by atoms with Crippen molar-refractivity contribution in [1.82, 2.24) is 20.4 Å². The molecule has 1 saturated heterocycles. The molecule has 0 aliphatic carbocycles. The number of nitrogens with zero attached hydrogens (tertiary/aromatic N) is 3. The quantitative estimate of drug-likeness (QED) is 0.735. The molecule has 0 saturated carbocycles. The monoisotopic (exact) mass is 220 g/mol. The summed E-state index contributed by atoms with van der Waals surface area (Å²) in [6, 6.07) is 3.55. The maximum Gasteiger partial charge on any atom is 0.274 e. The molecule has 1 aliphatic rings. The lowest BCUT2D eigenvalue weighted by Crippen LogP contribution is -2.34. The maximum absolute atomic E-state index is 12.1. The second-order valence-electron chi connectivity index (χ2n) is 3.96. The van der Waals surface area contributed by atoms with Crippen molar-refractivity contribution in [2.45, 2.75) is 13.3 Å². The number of aryl methyl sites for hydroxylation is 1. The Bertz CT molecular complexity index is 355. The van der Waals surface area contributed by atoms with Crippen LogP contribution < -0.4 is 5.32 Å². The van der Waals surface area contributed by atoms with E-state index in [9.17, 15) is 4.79 Å². The van der Waals surface area contributed by atoms with Crippen molar-refractivity contribution >= 4 is 5.91 Å². The molecule has 0 atom stereocenters. The van der Waals surface area contributed by atoms with Crippen LogP contribution in [0.25, 0.3) is 0 Å². The Morgan fingerprint density at radius 1 is 1.31 bits per heavy atom. The van der Waals surface area contributed by atoms with E-state index >= 15 is 0 Å². The summed E-state index contributed by atoms with van der Waals surface area (Å²) in [4.78, 5) is 13.9. The third kappa shape index (κ3) is 2.55. The van der Waals surface area contributed by atoms with Gasteiger partial charge in [0.25, 0.3) is 5.91 Å². The minimum absolute atomic E-state index is 0.0174. The highest BCUT2D eigenvalue weighted by atomic mass is 16.2. The van der Waals surface area contributed by atoms with Gasteiger partial charge in [-0.3, -0.25) is 4.79 Å². The van der Waals surface area contributed by atoms with Crippen LogP contribution in [0.5, 0.6) is 0 Å². The minimum atomic E-state index is -0.0174. The summed E-state index contributed by atoms with van der Waals surface area (Å²) < 4.78 is 0. The molecule has 2 heterocycles. The van der Waals surface area contributed by atoms with Gasteiger partial charge in [0.15, 0.2) is 5.69 Å². The highest BCUT2D eigenvalue weighted by Crippen LogP contribution is 2.03. The second-order valence-corrected chi connectivity index (χ2v) is 3.96. The third-order valence-electron chi connectivity index (χ3n) is 2.64. The normalized spacial score (nSPS) is 16.9. The minimum Gasteiger partial charge on any atom is -0.336 e. The molecule has 1 fully saturated rings. The van der Waals surface area contributed by atoms with Crippen molar-refractivity contribution < 1.29 is 4.79 Å². The summed E-state index contributed by atoms with van der Waals surface area (Å²) in [5.41, 5.74) is 1.27. The number of carbonyl (C=O) groups is 1. The third-order valence-corrected chi connectivity index (χ3v) is 2.64. The van der Waals surface area contributed by atoms with Crippen LogP contribution in [0.15, 0.2) is 12.1 Å². The Kier molecular flexibility index (Phi) is 3.46. The standard InChI is InChI=1S/C11H16N4O/c1-9-3-4-10(14-13-9)11(16)15-7-2-5-12-6-8-15/h3-4,12H,2,5-8H2,1H3. The first-order valence-electron chi connectivity index (χ1n) is 5.58. The zero-order valence-electron chi connectivity index (χ0n) is 9.44. The molecule has 0 aromatic carbocycles. The smallest absolute Gasteiger partial charge is 0.274 e. The molecule has 2 rings (SSSR count). The zero-order chi connectivity index (χ0) is 11.4. The molecule has 1 N–H and O–H groups in total. The summed E-state index contributed by atoms with van der Waals surface area (Å²) in [6.07, 6.45) is 0.991. The predicted octanol–water partition coefficient (Wildman–Crippen LogP) is 0.221. The lowest BCUT2D eigenvalue weighted by atomic mass is 10.3. The average Bonchev–Trinajstić information content (AvgIpc) is 2.57. The van der Waals surface area contributed by atoms with Gasteiger partial charge < -0.3 is 10.2 Å². The van der Waals surface area contributed by atoms with Crippen molar-refractivity contribution in [1.29, 1.82) is 0 Å². The van der Waals surface area contributed by atoms with Gasteiger partial charge in [-0.05, 0) is 32.0 Å². The predicted molar refractivity (Wildman–Crippen MR) is 60.2 cm³/mol. The molecule has 1 amide bonds. The van der Waals surface area contributed by atoms with E-state index in [0.29, 0.717) is 5.69 Å². The summed E-state index contributed by atoms with van der Waals surface area (Å²) in [6.45, 7) is 5.22. The van der Waals surface area contributed by atoms with Crippen molar-refractivity contribution in [2.24, 2.45) is 0 Å². The number of amides is 1. The van der Waals surface area contributed by atoms with Crippen LogP contribution in [-0.2, 0) is 0 Å². The van der Waals surface area contributed by atoms with Gasteiger partial charge >= 0.3 is 0 Å². The molecule has 0 bridgehead atoms. The summed E-state index contributed by atoms with van der Waals surface area (Å²) >= 11 is 0. The molecule has 0 spiro atoms.